The van der Waals surface area contributed by atoms with E-state index in [4.69, 9.17) is 21.1 Å². The molecule has 1 heterocycles. The molecule has 1 aromatic carbocycles. The molecule has 6 nitrogen and oxygen atoms in total. The minimum atomic E-state index is -1.03. The lowest BCUT2D eigenvalue weighted by molar-refractivity contribution is -0.151. The van der Waals surface area contributed by atoms with Crippen molar-refractivity contribution in [2.45, 2.75) is 13.3 Å². The monoisotopic (exact) mass is 341 g/mol. The van der Waals surface area contributed by atoms with Crippen molar-refractivity contribution in [2.24, 2.45) is 5.41 Å². The summed E-state index contributed by atoms with van der Waals surface area (Å²) in [6, 6.07) is 5.16. The van der Waals surface area contributed by atoms with Gasteiger partial charge in [0.15, 0.2) is 6.61 Å². The van der Waals surface area contributed by atoms with Gasteiger partial charge in [-0.1, -0.05) is 11.6 Å². The van der Waals surface area contributed by atoms with Crippen molar-refractivity contribution >= 4 is 23.5 Å². The number of aliphatic carboxylic acids is 1. The fourth-order valence-electron chi connectivity index (χ4n) is 2.66. The number of carbonyl (C=O) groups is 2. The number of nitrogens with zero attached hydrogens (tertiary/aromatic N) is 1. The Balaban J connectivity index is 1.94. The molecule has 1 saturated heterocycles. The average molecular weight is 342 g/mol. The first-order chi connectivity index (χ1) is 10.9. The number of amides is 1. The summed E-state index contributed by atoms with van der Waals surface area (Å²) in [5, 5.41) is 10.0. The van der Waals surface area contributed by atoms with Crippen molar-refractivity contribution in [1.82, 2.24) is 4.90 Å². The Morgan fingerprint density at radius 1 is 1.43 bits per heavy atom. The third-order valence-electron chi connectivity index (χ3n) is 4.07. The molecule has 1 aliphatic rings. The Bertz CT molecular complexity index is 606. The van der Waals surface area contributed by atoms with Crippen LogP contribution in [0.1, 0.15) is 12.0 Å². The van der Waals surface area contributed by atoms with Crippen LogP contribution in [-0.2, 0) is 14.3 Å². The van der Waals surface area contributed by atoms with E-state index in [-0.39, 0.29) is 25.7 Å². The quantitative estimate of drug-likeness (QED) is 0.856. The van der Waals surface area contributed by atoms with Crippen LogP contribution in [0.2, 0.25) is 5.02 Å². The van der Waals surface area contributed by atoms with Gasteiger partial charge in [-0.05, 0) is 37.1 Å². The normalized spacial score (nSPS) is 20.6. The summed E-state index contributed by atoms with van der Waals surface area (Å²) >= 11 is 5.94. The number of ether oxygens (including phenoxy) is 2. The van der Waals surface area contributed by atoms with E-state index >= 15 is 0 Å². The summed E-state index contributed by atoms with van der Waals surface area (Å²) in [6.07, 6.45) is 0.377. The first kappa shape index (κ1) is 17.6. The molecule has 1 atom stereocenters. The fraction of sp³-hybridized carbons (Fsp3) is 0.500. The van der Waals surface area contributed by atoms with Gasteiger partial charge in [0, 0.05) is 25.2 Å². The second kappa shape index (κ2) is 7.19. The molecule has 1 unspecified atom stereocenters. The van der Waals surface area contributed by atoms with E-state index in [9.17, 15) is 14.7 Å². The van der Waals surface area contributed by atoms with E-state index in [2.05, 4.69) is 0 Å². The first-order valence-corrected chi connectivity index (χ1v) is 7.65. The van der Waals surface area contributed by atoms with Crippen LogP contribution < -0.4 is 4.74 Å². The third kappa shape index (κ3) is 3.95. The molecule has 1 amide bonds. The van der Waals surface area contributed by atoms with E-state index in [1.54, 1.807) is 18.2 Å². The molecular formula is C16H20ClNO5. The first-order valence-electron chi connectivity index (χ1n) is 7.27. The molecule has 0 aromatic heterocycles. The van der Waals surface area contributed by atoms with Crippen molar-refractivity contribution < 1.29 is 24.2 Å². The molecule has 23 heavy (non-hydrogen) atoms. The van der Waals surface area contributed by atoms with Crippen LogP contribution in [0, 0.1) is 12.3 Å². The number of benzene rings is 1. The lowest BCUT2D eigenvalue weighted by Gasteiger charge is -2.23. The molecule has 1 aliphatic heterocycles. The molecule has 1 fully saturated rings. The highest BCUT2D eigenvalue weighted by Crippen LogP contribution is 2.31. The number of carboxylic acids is 1. The zero-order valence-electron chi connectivity index (χ0n) is 13.2. The van der Waals surface area contributed by atoms with E-state index in [0.29, 0.717) is 23.7 Å². The Labute approximate surface area is 139 Å². The van der Waals surface area contributed by atoms with Crippen molar-refractivity contribution in [3.05, 3.63) is 28.8 Å². The van der Waals surface area contributed by atoms with E-state index < -0.39 is 11.4 Å². The van der Waals surface area contributed by atoms with Gasteiger partial charge in [-0.25, -0.2) is 0 Å². The van der Waals surface area contributed by atoms with Gasteiger partial charge in [-0.3, -0.25) is 9.59 Å². The molecule has 7 heteroatoms. The molecule has 0 saturated carbocycles. The SMILES string of the molecule is COCC1(C(=O)O)CCN(C(=O)COc2ccc(Cl)c(C)c2)C1. The molecule has 0 spiro atoms. The Morgan fingerprint density at radius 2 is 2.17 bits per heavy atom. The molecule has 126 valence electrons. The van der Waals surface area contributed by atoms with Crippen LogP contribution in [0.15, 0.2) is 18.2 Å². The summed E-state index contributed by atoms with van der Waals surface area (Å²) in [4.78, 5) is 25.2. The lowest BCUT2D eigenvalue weighted by atomic mass is 9.88. The van der Waals surface area contributed by atoms with Crippen LogP contribution in [0.5, 0.6) is 5.75 Å². The predicted molar refractivity (Wildman–Crippen MR) is 84.8 cm³/mol. The third-order valence-corrected chi connectivity index (χ3v) is 4.50. The molecular weight excluding hydrogens is 322 g/mol. The minimum Gasteiger partial charge on any atom is -0.484 e. The summed E-state index contributed by atoms with van der Waals surface area (Å²) < 4.78 is 10.5. The van der Waals surface area contributed by atoms with E-state index in [0.717, 1.165) is 5.56 Å². The van der Waals surface area contributed by atoms with Crippen LogP contribution in [0.4, 0.5) is 0 Å². The maximum absolute atomic E-state index is 12.2. The number of aryl methyl sites for hydroxylation is 1. The molecule has 1 aromatic rings. The highest BCUT2D eigenvalue weighted by molar-refractivity contribution is 6.31. The minimum absolute atomic E-state index is 0.0867. The van der Waals surface area contributed by atoms with Gasteiger partial charge in [0.05, 0.1) is 6.61 Å². The summed E-state index contributed by atoms with van der Waals surface area (Å²) in [5.41, 5.74) is -0.163. The van der Waals surface area contributed by atoms with Gasteiger partial charge in [-0.15, -0.1) is 0 Å². The van der Waals surface area contributed by atoms with Crippen molar-refractivity contribution in [1.29, 1.82) is 0 Å². The number of methoxy groups -OCH3 is 1. The maximum Gasteiger partial charge on any atom is 0.313 e. The number of likely N-dealkylation sites (tertiary alicyclic amines) is 1. The molecule has 0 radical (unpaired) electrons. The van der Waals surface area contributed by atoms with Gasteiger partial charge in [0.25, 0.3) is 5.91 Å². The smallest absolute Gasteiger partial charge is 0.313 e. The second-order valence-corrected chi connectivity index (χ2v) is 6.19. The molecule has 0 aliphatic carbocycles. The lowest BCUT2D eigenvalue weighted by Crippen LogP contribution is -2.41. The maximum atomic E-state index is 12.2. The van der Waals surface area contributed by atoms with Crippen molar-refractivity contribution in [3.63, 3.8) is 0 Å². The van der Waals surface area contributed by atoms with Crippen LogP contribution in [-0.4, -0.2) is 55.3 Å². The number of hydrogen-bond donors (Lipinski definition) is 1. The number of hydrogen-bond acceptors (Lipinski definition) is 4. The number of carboxylic acid groups (broad SMARTS) is 1. The average Bonchev–Trinajstić information content (AvgIpc) is 2.94. The topological polar surface area (TPSA) is 76.1 Å². The Morgan fingerprint density at radius 3 is 2.78 bits per heavy atom. The van der Waals surface area contributed by atoms with Gasteiger partial charge in [-0.2, -0.15) is 0 Å². The largest absolute Gasteiger partial charge is 0.484 e. The summed E-state index contributed by atoms with van der Waals surface area (Å²) in [7, 11) is 1.46. The Kier molecular flexibility index (Phi) is 5.49. The molecule has 1 N–H and O–H groups in total. The predicted octanol–water partition coefficient (Wildman–Crippen LogP) is 1.98. The van der Waals surface area contributed by atoms with E-state index in [1.165, 1.54) is 12.0 Å². The highest BCUT2D eigenvalue weighted by atomic mass is 35.5. The molecule has 2 rings (SSSR count). The van der Waals surface area contributed by atoms with Crippen LogP contribution in [0.3, 0.4) is 0 Å². The standard InChI is InChI=1S/C16H20ClNO5/c1-11-7-12(3-4-13(11)17)23-8-14(19)18-6-5-16(9-18,10-22-2)15(20)21/h3-4,7H,5-6,8-10H2,1-2H3,(H,20,21). The number of halogens is 1. The fourth-order valence-corrected chi connectivity index (χ4v) is 2.78. The number of rotatable bonds is 6. The summed E-state index contributed by atoms with van der Waals surface area (Å²) in [5.74, 6) is -0.624. The van der Waals surface area contributed by atoms with Gasteiger partial charge < -0.3 is 19.5 Å². The van der Waals surface area contributed by atoms with Crippen LogP contribution >= 0.6 is 11.6 Å². The Hall–Kier alpha value is -1.79. The number of carbonyl (C=O) groups excluding carboxylic acids is 1. The second-order valence-electron chi connectivity index (χ2n) is 5.78. The van der Waals surface area contributed by atoms with Crippen molar-refractivity contribution in [2.75, 3.05) is 33.4 Å². The summed E-state index contributed by atoms with van der Waals surface area (Å²) in [6.45, 7) is 2.33. The van der Waals surface area contributed by atoms with Crippen LogP contribution in [0.25, 0.3) is 0 Å². The molecule has 0 bridgehead atoms. The van der Waals surface area contributed by atoms with Gasteiger partial charge in [0.1, 0.15) is 11.2 Å². The van der Waals surface area contributed by atoms with E-state index in [1.807, 2.05) is 6.92 Å². The zero-order valence-corrected chi connectivity index (χ0v) is 13.9. The highest BCUT2D eigenvalue weighted by Gasteiger charge is 2.46. The zero-order chi connectivity index (χ0) is 17.0. The van der Waals surface area contributed by atoms with Gasteiger partial charge in [0.2, 0.25) is 0 Å². The van der Waals surface area contributed by atoms with Gasteiger partial charge >= 0.3 is 5.97 Å². The van der Waals surface area contributed by atoms with Crippen molar-refractivity contribution in [3.8, 4) is 5.75 Å².